The van der Waals surface area contributed by atoms with Gasteiger partial charge in [-0.1, -0.05) is 48.8 Å². The van der Waals surface area contributed by atoms with E-state index in [1.807, 2.05) is 37.3 Å². The van der Waals surface area contributed by atoms with Gasteiger partial charge in [0.2, 0.25) is 0 Å². The fourth-order valence-electron chi connectivity index (χ4n) is 3.57. The van der Waals surface area contributed by atoms with Crippen molar-refractivity contribution in [3.63, 3.8) is 0 Å². The first-order valence-electron chi connectivity index (χ1n) is 10.4. The number of phenolic OH excluding ortho intramolecular Hbond substituents is 1. The van der Waals surface area contributed by atoms with Gasteiger partial charge in [0.25, 0.3) is 0 Å². The van der Waals surface area contributed by atoms with E-state index in [1.54, 1.807) is 6.07 Å². The molecule has 1 aliphatic carbocycles. The highest BCUT2D eigenvalue weighted by Gasteiger charge is 2.29. The Hall–Kier alpha value is -1.05. The molecular weight excluding hydrogens is 457 g/mol. The summed E-state index contributed by atoms with van der Waals surface area (Å²) in [4.78, 5) is 19.7. The molecule has 9 heteroatoms. The zero-order valence-electron chi connectivity index (χ0n) is 17.5. The van der Waals surface area contributed by atoms with Crippen LogP contribution >= 0.6 is 31.2 Å². The summed E-state index contributed by atoms with van der Waals surface area (Å²) in [7, 11) is -4.57. The molecule has 0 aliphatic heterocycles. The molecule has 31 heavy (non-hydrogen) atoms. The molecule has 0 radical (unpaired) electrons. The van der Waals surface area contributed by atoms with E-state index in [2.05, 4.69) is 4.52 Å². The first-order chi connectivity index (χ1) is 14.6. The number of hydrogen-bond donors (Lipinski definition) is 4. The average Bonchev–Trinajstić information content (AvgIpc) is 3.53. The predicted molar refractivity (Wildman–Crippen MR) is 124 cm³/mol. The van der Waals surface area contributed by atoms with Crippen molar-refractivity contribution in [2.45, 2.75) is 66.7 Å². The molecule has 170 valence electrons. The normalized spacial score (nSPS) is 16.3. The van der Waals surface area contributed by atoms with Gasteiger partial charge in [0, 0.05) is 15.5 Å². The number of nitrogens with two attached hydrogens (primary N) is 1. The molecule has 0 bridgehead atoms. The fourth-order valence-corrected chi connectivity index (χ4v) is 5.27. The lowest BCUT2D eigenvalue weighted by Gasteiger charge is -2.29. The van der Waals surface area contributed by atoms with Gasteiger partial charge in [-0.15, -0.1) is 0 Å². The van der Waals surface area contributed by atoms with Gasteiger partial charge >= 0.3 is 7.82 Å². The van der Waals surface area contributed by atoms with E-state index in [1.165, 1.54) is 30.2 Å². The van der Waals surface area contributed by atoms with Crippen LogP contribution in [0.5, 0.6) is 5.75 Å². The number of phosphoric acid groups is 1. The molecule has 0 amide bonds. The summed E-state index contributed by atoms with van der Waals surface area (Å²) in [6.45, 7) is 1.75. The summed E-state index contributed by atoms with van der Waals surface area (Å²) in [6, 6.07) is 11.5. The van der Waals surface area contributed by atoms with Crippen LogP contribution in [0.1, 0.15) is 56.1 Å². The molecule has 6 nitrogen and oxygen atoms in total. The van der Waals surface area contributed by atoms with Gasteiger partial charge < -0.3 is 20.6 Å². The quantitative estimate of drug-likeness (QED) is 0.306. The van der Waals surface area contributed by atoms with Gasteiger partial charge in [-0.05, 0) is 73.4 Å². The van der Waals surface area contributed by atoms with Crippen molar-refractivity contribution in [3.8, 4) is 5.75 Å². The monoisotopic (exact) mass is 485 g/mol. The summed E-state index contributed by atoms with van der Waals surface area (Å²) >= 11 is 7.98. The minimum absolute atomic E-state index is 0.215. The highest BCUT2D eigenvalue weighted by molar-refractivity contribution is 7.99. The first kappa shape index (κ1) is 24.6. The van der Waals surface area contributed by atoms with Crippen LogP contribution in [-0.2, 0) is 15.5 Å². The Morgan fingerprint density at radius 1 is 1.23 bits per heavy atom. The Balaban J connectivity index is 1.66. The molecule has 1 saturated carbocycles. The molecule has 0 saturated heterocycles. The molecular formula is C22H29ClNO5PS. The summed E-state index contributed by atoms with van der Waals surface area (Å²) in [5, 5.41) is 10.8. The standard InChI is InChI=1S/C22H29ClNO5PS/c1-2-10-22(24,14-29-30(26,27)28)11-9-16-5-7-18(13-19(16)23)31-21-12-17(15-3-4-15)6-8-20(21)25/h5-8,12-13,15,25H,2-4,9-11,14,24H2,1H3,(H2,26,27,28)/t22-/m0/s1. The minimum Gasteiger partial charge on any atom is -0.507 e. The van der Waals surface area contributed by atoms with Crippen LogP contribution in [0, 0.1) is 0 Å². The van der Waals surface area contributed by atoms with E-state index in [4.69, 9.17) is 27.1 Å². The number of benzene rings is 2. The zero-order valence-corrected chi connectivity index (χ0v) is 19.9. The average molecular weight is 486 g/mol. The first-order valence-corrected chi connectivity index (χ1v) is 13.1. The maximum Gasteiger partial charge on any atom is 0.469 e. The van der Waals surface area contributed by atoms with E-state index in [-0.39, 0.29) is 12.4 Å². The molecule has 0 spiro atoms. The van der Waals surface area contributed by atoms with Crippen molar-refractivity contribution in [3.05, 3.63) is 52.5 Å². The predicted octanol–water partition coefficient (Wildman–Crippen LogP) is 5.61. The van der Waals surface area contributed by atoms with Crippen LogP contribution in [0.4, 0.5) is 0 Å². The number of phenols is 1. The summed E-state index contributed by atoms with van der Waals surface area (Å²) in [5.74, 6) is 0.868. The lowest BCUT2D eigenvalue weighted by molar-refractivity contribution is 0.141. The SMILES string of the molecule is CCC[C@](N)(CCc1ccc(Sc2cc(C3CC3)ccc2O)cc1Cl)COP(=O)(O)O. The van der Waals surface area contributed by atoms with Crippen LogP contribution in [0.2, 0.25) is 5.02 Å². The topological polar surface area (TPSA) is 113 Å². The Kier molecular flexibility index (Phi) is 8.14. The van der Waals surface area contributed by atoms with Crippen LogP contribution in [0.25, 0.3) is 0 Å². The van der Waals surface area contributed by atoms with Crippen molar-refractivity contribution < 1.29 is 24.0 Å². The van der Waals surface area contributed by atoms with E-state index in [0.29, 0.717) is 30.2 Å². The Bertz CT molecular complexity index is 965. The third-order valence-corrected chi connectivity index (χ3v) is 7.30. The molecule has 0 unspecified atom stereocenters. The number of phosphoric ester groups is 1. The zero-order chi connectivity index (χ0) is 22.6. The molecule has 2 aromatic carbocycles. The molecule has 2 aromatic rings. The molecule has 1 aliphatic rings. The van der Waals surface area contributed by atoms with Gasteiger partial charge in [0.15, 0.2) is 0 Å². The lowest BCUT2D eigenvalue weighted by Crippen LogP contribution is -2.44. The molecule has 5 N–H and O–H groups in total. The third-order valence-electron chi connectivity index (χ3n) is 5.45. The number of hydrogen-bond acceptors (Lipinski definition) is 5. The summed E-state index contributed by atoms with van der Waals surface area (Å²) < 4.78 is 15.7. The maximum atomic E-state index is 11.1. The lowest BCUT2D eigenvalue weighted by atomic mass is 9.89. The number of aromatic hydroxyl groups is 1. The van der Waals surface area contributed by atoms with Crippen molar-refractivity contribution in [1.29, 1.82) is 0 Å². The van der Waals surface area contributed by atoms with Gasteiger partial charge in [0.1, 0.15) is 5.75 Å². The van der Waals surface area contributed by atoms with E-state index in [9.17, 15) is 9.67 Å². The second-order valence-electron chi connectivity index (χ2n) is 8.23. The molecule has 3 rings (SSSR count). The third kappa shape index (κ3) is 7.50. The Labute approximate surface area is 192 Å². The Morgan fingerprint density at radius 2 is 1.97 bits per heavy atom. The maximum absolute atomic E-state index is 11.1. The van der Waals surface area contributed by atoms with Gasteiger partial charge in [0.05, 0.1) is 11.5 Å². The molecule has 0 heterocycles. The second kappa shape index (κ2) is 10.3. The van der Waals surface area contributed by atoms with E-state index < -0.39 is 13.4 Å². The largest absolute Gasteiger partial charge is 0.507 e. The second-order valence-corrected chi connectivity index (χ2v) is 11.0. The van der Waals surface area contributed by atoms with Crippen LogP contribution in [-0.4, -0.2) is 27.0 Å². The van der Waals surface area contributed by atoms with Crippen molar-refractivity contribution in [2.24, 2.45) is 5.73 Å². The smallest absolute Gasteiger partial charge is 0.469 e. The fraction of sp³-hybridized carbons (Fsp3) is 0.455. The summed E-state index contributed by atoms with van der Waals surface area (Å²) in [5.41, 5.74) is 7.68. The van der Waals surface area contributed by atoms with E-state index in [0.717, 1.165) is 21.8 Å². The molecule has 1 atom stereocenters. The van der Waals surface area contributed by atoms with Crippen molar-refractivity contribution in [1.82, 2.24) is 0 Å². The van der Waals surface area contributed by atoms with E-state index >= 15 is 0 Å². The van der Waals surface area contributed by atoms with Gasteiger partial charge in [-0.2, -0.15) is 0 Å². The summed E-state index contributed by atoms with van der Waals surface area (Å²) in [6.07, 6.45) is 4.80. The van der Waals surface area contributed by atoms with Crippen LogP contribution < -0.4 is 5.73 Å². The minimum atomic E-state index is -4.57. The van der Waals surface area contributed by atoms with Gasteiger partial charge in [-0.3, -0.25) is 4.52 Å². The molecule has 1 fully saturated rings. The number of aryl methyl sites for hydroxylation is 1. The van der Waals surface area contributed by atoms with Crippen molar-refractivity contribution in [2.75, 3.05) is 6.61 Å². The van der Waals surface area contributed by atoms with Crippen LogP contribution in [0.3, 0.4) is 0 Å². The molecule has 0 aromatic heterocycles. The number of halogens is 1. The number of rotatable bonds is 11. The highest BCUT2D eigenvalue weighted by atomic mass is 35.5. The highest BCUT2D eigenvalue weighted by Crippen LogP contribution is 2.44. The van der Waals surface area contributed by atoms with Gasteiger partial charge in [-0.25, -0.2) is 4.57 Å². The van der Waals surface area contributed by atoms with Crippen molar-refractivity contribution >= 4 is 31.2 Å². The van der Waals surface area contributed by atoms with Crippen LogP contribution in [0.15, 0.2) is 46.2 Å². The Morgan fingerprint density at radius 3 is 2.58 bits per heavy atom.